The molecule has 0 aliphatic heterocycles. The van der Waals surface area contributed by atoms with Crippen molar-refractivity contribution in [1.29, 1.82) is 0 Å². The Morgan fingerprint density at radius 1 is 0.330 bits per heavy atom. The number of carbonyl (C=O) groups excluding carboxylic acids is 4. The number of unbranched alkanes of at least 4 members (excludes halogenated alkanes) is 44. The lowest BCUT2D eigenvalue weighted by Crippen LogP contribution is -2.30. The number of rotatable bonds is 76. The number of hydrogen-bond acceptors (Lipinski definition) is 15. The summed E-state index contributed by atoms with van der Waals surface area (Å²) in [6.45, 7) is 7.29. The molecule has 0 saturated heterocycles. The van der Waals surface area contributed by atoms with Crippen molar-refractivity contribution >= 4 is 39.5 Å². The van der Waals surface area contributed by atoms with E-state index in [1.54, 1.807) is 0 Å². The van der Waals surface area contributed by atoms with Crippen molar-refractivity contribution in [2.75, 3.05) is 39.6 Å². The van der Waals surface area contributed by atoms with Gasteiger partial charge in [0.1, 0.15) is 19.3 Å². The van der Waals surface area contributed by atoms with Crippen molar-refractivity contribution in [1.82, 2.24) is 0 Å². The van der Waals surface area contributed by atoms with Gasteiger partial charge in [-0.2, -0.15) is 0 Å². The quantitative estimate of drug-likeness (QED) is 0.0169. The van der Waals surface area contributed by atoms with Crippen molar-refractivity contribution in [3.63, 3.8) is 0 Å². The lowest BCUT2D eigenvalue weighted by atomic mass is 9.99. The third-order valence-electron chi connectivity index (χ3n) is 18.0. The highest BCUT2D eigenvalue weighted by Gasteiger charge is 2.30. The Morgan fingerprint density at radius 3 is 0.876 bits per heavy atom. The average Bonchev–Trinajstić information content (AvgIpc) is 1.60. The Morgan fingerprint density at radius 2 is 0.577 bits per heavy atom. The van der Waals surface area contributed by atoms with Crippen LogP contribution >= 0.6 is 15.6 Å². The second kappa shape index (κ2) is 70.6. The highest BCUT2D eigenvalue weighted by molar-refractivity contribution is 7.47. The summed E-state index contributed by atoms with van der Waals surface area (Å²) in [6.07, 6.45) is 63.0. The predicted octanol–water partition coefficient (Wildman–Crippen LogP) is 22.8. The van der Waals surface area contributed by atoms with Gasteiger partial charge in [0.25, 0.3) is 0 Å². The van der Waals surface area contributed by atoms with Gasteiger partial charge in [0, 0.05) is 25.7 Å². The van der Waals surface area contributed by atoms with Crippen molar-refractivity contribution < 1.29 is 80.2 Å². The first kappa shape index (κ1) is 94.5. The minimum absolute atomic E-state index is 0.101. The molecular weight excluding hydrogens is 1270 g/mol. The number of ether oxygens (including phenoxy) is 4. The van der Waals surface area contributed by atoms with Crippen LogP contribution in [-0.2, 0) is 65.4 Å². The fourth-order valence-corrected chi connectivity index (χ4v) is 13.1. The van der Waals surface area contributed by atoms with Crippen LogP contribution in [-0.4, -0.2) is 96.7 Å². The van der Waals surface area contributed by atoms with Gasteiger partial charge in [0.15, 0.2) is 12.2 Å². The Balaban J connectivity index is 5.29. The van der Waals surface area contributed by atoms with Crippen LogP contribution < -0.4 is 0 Å². The largest absolute Gasteiger partial charge is 0.472 e. The van der Waals surface area contributed by atoms with E-state index in [0.717, 1.165) is 115 Å². The smallest absolute Gasteiger partial charge is 0.462 e. The molecule has 0 heterocycles. The van der Waals surface area contributed by atoms with Crippen molar-refractivity contribution in [3.8, 4) is 0 Å². The van der Waals surface area contributed by atoms with Crippen LogP contribution in [0.1, 0.15) is 388 Å². The molecular formula is C78H148O17P2. The van der Waals surface area contributed by atoms with Crippen LogP contribution in [0.15, 0.2) is 24.3 Å². The molecule has 0 aromatic carbocycles. The topological polar surface area (TPSA) is 237 Å². The second-order valence-electron chi connectivity index (χ2n) is 27.7. The molecule has 0 aliphatic carbocycles. The number of esters is 4. The van der Waals surface area contributed by atoms with Gasteiger partial charge in [0.2, 0.25) is 0 Å². The molecule has 3 unspecified atom stereocenters. The maximum atomic E-state index is 13.1. The lowest BCUT2D eigenvalue weighted by molar-refractivity contribution is -0.161. The molecule has 0 bridgehead atoms. The fraction of sp³-hybridized carbons (Fsp3) is 0.897. The van der Waals surface area contributed by atoms with Crippen LogP contribution in [0.4, 0.5) is 0 Å². The van der Waals surface area contributed by atoms with Crippen LogP contribution in [0.5, 0.6) is 0 Å². The molecule has 0 aromatic heterocycles. The first-order valence-corrected chi connectivity index (χ1v) is 43.0. The molecule has 0 fully saturated rings. The van der Waals surface area contributed by atoms with E-state index >= 15 is 0 Å². The van der Waals surface area contributed by atoms with Gasteiger partial charge >= 0.3 is 39.5 Å². The van der Waals surface area contributed by atoms with Crippen molar-refractivity contribution in [2.24, 2.45) is 5.92 Å². The molecule has 0 spiro atoms. The zero-order valence-corrected chi connectivity index (χ0v) is 64.5. The number of carbonyl (C=O) groups is 4. The minimum Gasteiger partial charge on any atom is -0.462 e. The summed E-state index contributed by atoms with van der Waals surface area (Å²) in [5, 5.41) is 10.6. The number of hydrogen-bond donors (Lipinski definition) is 3. The Bertz CT molecular complexity index is 1950. The number of aliphatic hydroxyl groups excluding tert-OH is 1. The maximum absolute atomic E-state index is 13.1. The molecule has 0 rings (SSSR count). The Labute approximate surface area is 592 Å². The zero-order chi connectivity index (χ0) is 71.2. The van der Waals surface area contributed by atoms with E-state index in [4.69, 9.17) is 37.0 Å². The summed E-state index contributed by atoms with van der Waals surface area (Å²) in [5.41, 5.74) is 0. The Hall–Kier alpha value is -2.46. The van der Waals surface area contributed by atoms with Gasteiger partial charge in [-0.1, -0.05) is 335 Å². The van der Waals surface area contributed by atoms with Crippen LogP contribution in [0.2, 0.25) is 0 Å². The molecule has 6 atom stereocenters. The summed E-state index contributed by atoms with van der Waals surface area (Å²) in [5.74, 6) is -1.30. The molecule has 17 nitrogen and oxygen atoms in total. The van der Waals surface area contributed by atoms with Crippen LogP contribution in [0, 0.1) is 5.92 Å². The lowest BCUT2D eigenvalue weighted by Gasteiger charge is -2.21. The fourth-order valence-electron chi connectivity index (χ4n) is 11.5. The Kier molecular flexibility index (Phi) is 68.8. The monoisotopic (exact) mass is 1420 g/mol. The van der Waals surface area contributed by atoms with E-state index in [0.29, 0.717) is 25.7 Å². The van der Waals surface area contributed by atoms with Gasteiger partial charge < -0.3 is 33.8 Å². The second-order valence-corrected chi connectivity index (χ2v) is 30.6. The third-order valence-corrected chi connectivity index (χ3v) is 19.9. The van der Waals surface area contributed by atoms with Gasteiger partial charge in [0.05, 0.1) is 26.4 Å². The first-order valence-electron chi connectivity index (χ1n) is 40.0. The molecule has 0 amide bonds. The molecule has 572 valence electrons. The number of aliphatic hydroxyl groups is 1. The van der Waals surface area contributed by atoms with Crippen molar-refractivity contribution in [3.05, 3.63) is 24.3 Å². The SMILES string of the molecule is CCCCCC/C=C\C=C/CCCCCCCC(=O)OC[C@H](COP(=O)(O)OC[C@@H](O)COP(=O)(O)OC[C@@H](COC(=O)CCCCCCCCCCCCCC)OC(=O)CCCCCCCCCCCCCC)OC(=O)CCCCCCCCCCCCCCCCC(C)CC. The minimum atomic E-state index is -4.97. The summed E-state index contributed by atoms with van der Waals surface area (Å²) < 4.78 is 68.6. The van der Waals surface area contributed by atoms with Crippen LogP contribution in [0.3, 0.4) is 0 Å². The normalized spacial score (nSPS) is 14.4. The van der Waals surface area contributed by atoms with E-state index < -0.39 is 97.5 Å². The molecule has 0 radical (unpaired) electrons. The number of allylic oxidation sites excluding steroid dienone is 4. The summed E-state index contributed by atoms with van der Waals surface area (Å²) in [4.78, 5) is 72.9. The third kappa shape index (κ3) is 70.4. The molecule has 19 heteroatoms. The average molecular weight is 1420 g/mol. The van der Waals surface area contributed by atoms with Gasteiger partial charge in [-0.15, -0.1) is 0 Å². The summed E-state index contributed by atoms with van der Waals surface area (Å²) >= 11 is 0. The standard InChI is InChI=1S/C78H148O17P2/c1-6-10-13-16-19-22-25-28-29-33-38-42-47-52-57-62-76(81)89-68-74(95-78(83)64-59-54-49-44-39-34-31-30-32-35-40-45-50-55-60-71(5)9-4)70-93-97(86,87)91-66-72(79)65-90-96(84,85)92-69-73(94-77(82)63-58-53-48-43-37-27-24-21-18-15-12-8-3)67-88-75(80)61-56-51-46-41-36-26-23-20-17-14-11-7-2/h22,25,28-29,71-74,79H,6-21,23-24,26-27,30-70H2,1-5H3,(H,84,85)(H,86,87)/b25-22-,29-28-/t71?,72-,73+,74+/m0/s1. The van der Waals surface area contributed by atoms with E-state index in [-0.39, 0.29) is 25.7 Å². The highest BCUT2D eigenvalue weighted by Crippen LogP contribution is 2.45. The van der Waals surface area contributed by atoms with E-state index in [9.17, 15) is 43.2 Å². The van der Waals surface area contributed by atoms with Crippen LogP contribution in [0.25, 0.3) is 0 Å². The molecule has 0 aromatic rings. The van der Waals surface area contributed by atoms with E-state index in [2.05, 4.69) is 58.9 Å². The predicted molar refractivity (Wildman–Crippen MR) is 395 cm³/mol. The molecule has 0 saturated carbocycles. The molecule has 97 heavy (non-hydrogen) atoms. The number of phosphoric acid groups is 2. The maximum Gasteiger partial charge on any atom is 0.472 e. The first-order chi connectivity index (χ1) is 47.1. The zero-order valence-electron chi connectivity index (χ0n) is 62.7. The van der Waals surface area contributed by atoms with Gasteiger partial charge in [-0.05, 0) is 57.3 Å². The van der Waals surface area contributed by atoms with E-state index in [1.165, 1.54) is 193 Å². The molecule has 3 N–H and O–H groups in total. The number of phosphoric ester groups is 2. The highest BCUT2D eigenvalue weighted by atomic mass is 31.2. The molecule has 0 aliphatic rings. The van der Waals surface area contributed by atoms with E-state index in [1.807, 2.05) is 0 Å². The summed E-state index contributed by atoms with van der Waals surface area (Å²) in [6, 6.07) is 0. The van der Waals surface area contributed by atoms with Gasteiger partial charge in [-0.25, -0.2) is 9.13 Å². The summed E-state index contributed by atoms with van der Waals surface area (Å²) in [7, 11) is -9.92. The van der Waals surface area contributed by atoms with Gasteiger partial charge in [-0.3, -0.25) is 37.3 Å². The van der Waals surface area contributed by atoms with Crippen molar-refractivity contribution in [2.45, 2.75) is 406 Å².